The molecule has 2 rings (SSSR count). The molecular formula is C14H16FN3. The predicted octanol–water partition coefficient (Wildman–Crippen LogP) is 3.03. The van der Waals surface area contributed by atoms with Gasteiger partial charge >= 0.3 is 0 Å². The first-order valence-corrected chi connectivity index (χ1v) is 5.94. The van der Waals surface area contributed by atoms with Gasteiger partial charge in [-0.15, -0.1) is 0 Å². The average molecular weight is 245 g/mol. The van der Waals surface area contributed by atoms with E-state index in [2.05, 4.69) is 15.3 Å². The molecule has 18 heavy (non-hydrogen) atoms. The van der Waals surface area contributed by atoms with E-state index >= 15 is 0 Å². The van der Waals surface area contributed by atoms with Gasteiger partial charge in [0.15, 0.2) is 0 Å². The summed E-state index contributed by atoms with van der Waals surface area (Å²) < 4.78 is 12.8. The highest BCUT2D eigenvalue weighted by Gasteiger charge is 2.12. The maximum Gasteiger partial charge on any atom is 0.123 e. The third-order valence-electron chi connectivity index (χ3n) is 2.90. The largest absolute Gasteiger partial charge is 0.302 e. The summed E-state index contributed by atoms with van der Waals surface area (Å²) in [5.74, 6) is -0.215. The third kappa shape index (κ3) is 3.11. The van der Waals surface area contributed by atoms with Crippen LogP contribution in [0.4, 0.5) is 4.39 Å². The van der Waals surface area contributed by atoms with Crippen molar-refractivity contribution in [2.45, 2.75) is 25.9 Å². The summed E-state index contributed by atoms with van der Waals surface area (Å²) in [7, 11) is 0. The Morgan fingerprint density at radius 1 is 1.06 bits per heavy atom. The maximum atomic E-state index is 12.8. The number of nitrogens with zero attached hydrogens (tertiary/aromatic N) is 2. The van der Waals surface area contributed by atoms with Crippen LogP contribution < -0.4 is 5.32 Å². The Labute approximate surface area is 106 Å². The van der Waals surface area contributed by atoms with E-state index in [1.807, 2.05) is 13.8 Å². The van der Waals surface area contributed by atoms with Gasteiger partial charge in [0.25, 0.3) is 0 Å². The highest BCUT2D eigenvalue weighted by Crippen LogP contribution is 2.17. The fourth-order valence-electron chi connectivity index (χ4n) is 1.84. The van der Waals surface area contributed by atoms with Crippen LogP contribution in [0.2, 0.25) is 0 Å². The molecule has 0 saturated heterocycles. The van der Waals surface area contributed by atoms with Crippen molar-refractivity contribution in [3.63, 3.8) is 0 Å². The van der Waals surface area contributed by atoms with Gasteiger partial charge in [0.2, 0.25) is 0 Å². The lowest BCUT2D eigenvalue weighted by atomic mass is 10.1. The number of benzene rings is 1. The van der Waals surface area contributed by atoms with Crippen LogP contribution in [-0.2, 0) is 0 Å². The van der Waals surface area contributed by atoms with Gasteiger partial charge in [0, 0.05) is 30.7 Å². The van der Waals surface area contributed by atoms with E-state index in [-0.39, 0.29) is 17.9 Å². The number of hydrogen-bond donors (Lipinski definition) is 1. The lowest BCUT2D eigenvalue weighted by molar-refractivity contribution is 0.484. The van der Waals surface area contributed by atoms with Crippen molar-refractivity contribution in [2.24, 2.45) is 0 Å². The minimum Gasteiger partial charge on any atom is -0.302 e. The summed E-state index contributed by atoms with van der Waals surface area (Å²) in [6.07, 6.45) is 5.07. The summed E-state index contributed by atoms with van der Waals surface area (Å²) in [6, 6.07) is 6.75. The molecule has 0 aliphatic heterocycles. The first kappa shape index (κ1) is 12.6. The SMILES string of the molecule is CC(N[C@H](C)c1ccc(F)cc1)c1cnccn1. The minimum atomic E-state index is -0.215. The van der Waals surface area contributed by atoms with Crippen molar-refractivity contribution in [1.82, 2.24) is 15.3 Å². The second-order valence-corrected chi connectivity index (χ2v) is 4.29. The monoisotopic (exact) mass is 245 g/mol. The molecule has 1 N–H and O–H groups in total. The van der Waals surface area contributed by atoms with Crippen LogP contribution in [0.15, 0.2) is 42.9 Å². The van der Waals surface area contributed by atoms with Gasteiger partial charge in [-0.1, -0.05) is 12.1 Å². The van der Waals surface area contributed by atoms with Crippen molar-refractivity contribution in [2.75, 3.05) is 0 Å². The van der Waals surface area contributed by atoms with Crippen LogP contribution in [0.1, 0.15) is 37.2 Å². The summed E-state index contributed by atoms with van der Waals surface area (Å²) >= 11 is 0. The molecule has 1 aromatic heterocycles. The molecule has 2 aromatic rings. The van der Waals surface area contributed by atoms with Gasteiger partial charge in [-0.05, 0) is 31.5 Å². The third-order valence-corrected chi connectivity index (χ3v) is 2.90. The fourth-order valence-corrected chi connectivity index (χ4v) is 1.84. The lowest BCUT2D eigenvalue weighted by Gasteiger charge is -2.19. The van der Waals surface area contributed by atoms with Crippen molar-refractivity contribution in [3.8, 4) is 0 Å². The van der Waals surface area contributed by atoms with E-state index in [0.717, 1.165) is 11.3 Å². The minimum absolute atomic E-state index is 0.0961. The van der Waals surface area contributed by atoms with E-state index < -0.39 is 0 Å². The molecule has 1 aromatic carbocycles. The summed E-state index contributed by atoms with van der Waals surface area (Å²) in [6.45, 7) is 4.07. The van der Waals surface area contributed by atoms with Crippen LogP contribution >= 0.6 is 0 Å². The first-order valence-electron chi connectivity index (χ1n) is 5.94. The van der Waals surface area contributed by atoms with E-state index in [9.17, 15) is 4.39 Å². The zero-order chi connectivity index (χ0) is 13.0. The van der Waals surface area contributed by atoms with Crippen molar-refractivity contribution >= 4 is 0 Å². The fraction of sp³-hybridized carbons (Fsp3) is 0.286. The summed E-state index contributed by atoms with van der Waals surface area (Å²) in [5.41, 5.74) is 1.94. The van der Waals surface area contributed by atoms with Crippen molar-refractivity contribution < 1.29 is 4.39 Å². The molecule has 2 atom stereocenters. The molecule has 0 aliphatic carbocycles. The highest BCUT2D eigenvalue weighted by molar-refractivity contribution is 5.19. The quantitative estimate of drug-likeness (QED) is 0.899. The standard InChI is InChI=1S/C14H16FN3/c1-10(12-3-5-13(15)6-4-12)18-11(2)14-9-16-7-8-17-14/h3-11,18H,1-2H3/t10-,11?/m1/s1. The van der Waals surface area contributed by atoms with Crippen LogP contribution in [0.25, 0.3) is 0 Å². The van der Waals surface area contributed by atoms with Gasteiger partial charge in [-0.2, -0.15) is 0 Å². The average Bonchev–Trinajstić information content (AvgIpc) is 2.40. The Bertz CT molecular complexity index is 484. The molecule has 1 unspecified atom stereocenters. The molecule has 0 aliphatic rings. The number of nitrogens with one attached hydrogen (secondary N) is 1. The van der Waals surface area contributed by atoms with Crippen LogP contribution in [0.5, 0.6) is 0 Å². The first-order chi connectivity index (χ1) is 8.66. The van der Waals surface area contributed by atoms with Crippen LogP contribution in [-0.4, -0.2) is 9.97 Å². The van der Waals surface area contributed by atoms with Gasteiger partial charge in [-0.3, -0.25) is 9.97 Å². The number of aromatic nitrogens is 2. The lowest BCUT2D eigenvalue weighted by Crippen LogP contribution is -2.23. The van der Waals surface area contributed by atoms with Crippen molar-refractivity contribution in [3.05, 3.63) is 59.9 Å². The Morgan fingerprint density at radius 2 is 1.78 bits per heavy atom. The summed E-state index contributed by atoms with van der Waals surface area (Å²) in [5, 5.41) is 3.41. The van der Waals surface area contributed by atoms with E-state index in [1.165, 1.54) is 12.1 Å². The zero-order valence-electron chi connectivity index (χ0n) is 10.5. The molecule has 94 valence electrons. The molecule has 0 amide bonds. The smallest absolute Gasteiger partial charge is 0.123 e. The van der Waals surface area contributed by atoms with Crippen molar-refractivity contribution in [1.29, 1.82) is 0 Å². The number of rotatable bonds is 4. The van der Waals surface area contributed by atoms with Crippen LogP contribution in [0, 0.1) is 5.82 Å². The zero-order valence-corrected chi connectivity index (χ0v) is 10.5. The summed E-state index contributed by atoms with van der Waals surface area (Å²) in [4.78, 5) is 8.30. The van der Waals surface area contributed by atoms with Gasteiger partial charge < -0.3 is 5.32 Å². The van der Waals surface area contributed by atoms with E-state index in [1.54, 1.807) is 30.7 Å². The highest BCUT2D eigenvalue weighted by atomic mass is 19.1. The van der Waals surface area contributed by atoms with Crippen LogP contribution in [0.3, 0.4) is 0 Å². The molecule has 0 fully saturated rings. The molecule has 0 spiro atoms. The maximum absolute atomic E-state index is 12.8. The Morgan fingerprint density at radius 3 is 2.39 bits per heavy atom. The molecule has 0 bridgehead atoms. The van der Waals surface area contributed by atoms with Gasteiger partial charge in [0.05, 0.1) is 5.69 Å². The Balaban J connectivity index is 2.03. The molecular weight excluding hydrogens is 229 g/mol. The second kappa shape index (κ2) is 5.69. The molecule has 4 heteroatoms. The topological polar surface area (TPSA) is 37.8 Å². The normalized spacial score (nSPS) is 14.2. The number of hydrogen-bond acceptors (Lipinski definition) is 3. The Hall–Kier alpha value is -1.81. The second-order valence-electron chi connectivity index (χ2n) is 4.29. The molecule has 0 saturated carbocycles. The molecule has 0 radical (unpaired) electrons. The van der Waals surface area contributed by atoms with Gasteiger partial charge in [0.1, 0.15) is 5.82 Å². The Kier molecular flexibility index (Phi) is 3.99. The van der Waals surface area contributed by atoms with E-state index in [4.69, 9.17) is 0 Å². The van der Waals surface area contributed by atoms with Gasteiger partial charge in [-0.25, -0.2) is 4.39 Å². The molecule has 3 nitrogen and oxygen atoms in total. The molecule has 1 heterocycles. The number of halogens is 1. The predicted molar refractivity (Wildman–Crippen MR) is 68.4 cm³/mol. The van der Waals surface area contributed by atoms with E-state index in [0.29, 0.717) is 0 Å².